The predicted molar refractivity (Wildman–Crippen MR) is 87.6 cm³/mol. The molecule has 0 saturated carbocycles. The molecule has 1 aliphatic heterocycles. The van der Waals surface area contributed by atoms with Crippen LogP contribution in [0, 0.1) is 13.8 Å². The van der Waals surface area contributed by atoms with Gasteiger partial charge in [0.1, 0.15) is 6.10 Å². The number of fused-ring (bicyclic) bond motifs is 1. The van der Waals surface area contributed by atoms with Crippen molar-refractivity contribution in [1.29, 1.82) is 0 Å². The maximum absolute atomic E-state index is 12.2. The maximum Gasteiger partial charge on any atom is 0.339 e. The number of esters is 1. The number of cyclic esters (lactones) is 1. The van der Waals surface area contributed by atoms with Gasteiger partial charge < -0.3 is 15.0 Å². The second kappa shape index (κ2) is 6.31. The zero-order valence-corrected chi connectivity index (χ0v) is 13.5. The number of hydrogen-bond acceptors (Lipinski definition) is 4. The van der Waals surface area contributed by atoms with Crippen LogP contribution in [0.3, 0.4) is 0 Å². The topological polar surface area (TPSA) is 88.3 Å². The number of amides is 1. The minimum atomic E-state index is -0.578. The molecule has 0 spiro atoms. The van der Waals surface area contributed by atoms with Crippen LogP contribution in [0.2, 0.25) is 0 Å². The first-order valence-electron chi connectivity index (χ1n) is 7.71. The van der Waals surface area contributed by atoms with Gasteiger partial charge in [-0.15, -0.1) is 0 Å². The zero-order chi connectivity index (χ0) is 17.3. The molecule has 6 heteroatoms. The van der Waals surface area contributed by atoms with Crippen molar-refractivity contribution in [2.24, 2.45) is 0 Å². The Bertz CT molecular complexity index is 870. The molecule has 0 unspecified atom stereocenters. The molecular formula is C18H18N2O4. The van der Waals surface area contributed by atoms with Gasteiger partial charge in [-0.3, -0.25) is 9.59 Å². The Morgan fingerprint density at radius 1 is 1.25 bits per heavy atom. The van der Waals surface area contributed by atoms with Gasteiger partial charge in [0.2, 0.25) is 5.91 Å². The molecule has 0 radical (unpaired) electrons. The number of carbonyl (C=O) groups is 2. The molecule has 124 valence electrons. The summed E-state index contributed by atoms with van der Waals surface area (Å²) in [7, 11) is 0. The van der Waals surface area contributed by atoms with Crippen molar-refractivity contribution >= 4 is 11.9 Å². The molecule has 2 heterocycles. The van der Waals surface area contributed by atoms with Crippen LogP contribution in [0.5, 0.6) is 0 Å². The molecule has 1 aromatic carbocycles. The van der Waals surface area contributed by atoms with E-state index in [1.165, 1.54) is 0 Å². The van der Waals surface area contributed by atoms with Gasteiger partial charge in [-0.2, -0.15) is 0 Å². The van der Waals surface area contributed by atoms with Gasteiger partial charge in [0.05, 0.1) is 12.0 Å². The first kappa shape index (κ1) is 16.0. The first-order valence-corrected chi connectivity index (χ1v) is 7.71. The van der Waals surface area contributed by atoms with Crippen molar-refractivity contribution in [3.05, 3.63) is 68.6 Å². The fourth-order valence-corrected chi connectivity index (χ4v) is 2.90. The molecule has 1 amide bonds. The van der Waals surface area contributed by atoms with Crippen molar-refractivity contribution in [2.45, 2.75) is 32.9 Å². The van der Waals surface area contributed by atoms with Gasteiger partial charge in [-0.05, 0) is 31.5 Å². The Balaban J connectivity index is 1.66. The summed E-state index contributed by atoms with van der Waals surface area (Å²) in [5.41, 5.74) is 3.16. The van der Waals surface area contributed by atoms with Gasteiger partial charge in [0.15, 0.2) is 0 Å². The number of hydrogen-bond donors (Lipinski definition) is 2. The lowest BCUT2D eigenvalue weighted by Crippen LogP contribution is -2.28. The molecule has 2 N–H and O–H groups in total. The molecule has 0 aliphatic carbocycles. The third-order valence-corrected chi connectivity index (χ3v) is 4.10. The molecule has 1 atom stereocenters. The van der Waals surface area contributed by atoms with Crippen molar-refractivity contribution < 1.29 is 14.3 Å². The van der Waals surface area contributed by atoms with Crippen molar-refractivity contribution in [3.63, 3.8) is 0 Å². The van der Waals surface area contributed by atoms with Crippen LogP contribution in [0.15, 0.2) is 35.1 Å². The summed E-state index contributed by atoms with van der Waals surface area (Å²) >= 11 is 0. The fourth-order valence-electron chi connectivity index (χ4n) is 2.90. The highest BCUT2D eigenvalue weighted by Gasteiger charge is 2.31. The average Bonchev–Trinajstić information content (AvgIpc) is 2.83. The van der Waals surface area contributed by atoms with Gasteiger partial charge >= 0.3 is 5.97 Å². The molecule has 0 bridgehead atoms. The summed E-state index contributed by atoms with van der Waals surface area (Å²) in [4.78, 5) is 38.6. The smallest absolute Gasteiger partial charge is 0.339 e. The number of rotatable bonds is 4. The number of benzene rings is 1. The average molecular weight is 326 g/mol. The minimum absolute atomic E-state index is 0.0333. The molecule has 24 heavy (non-hydrogen) atoms. The molecule has 0 saturated heterocycles. The highest BCUT2D eigenvalue weighted by atomic mass is 16.5. The van der Waals surface area contributed by atoms with E-state index in [0.29, 0.717) is 11.1 Å². The lowest BCUT2D eigenvalue weighted by Gasteiger charge is -2.12. The van der Waals surface area contributed by atoms with Crippen molar-refractivity contribution in [1.82, 2.24) is 10.3 Å². The summed E-state index contributed by atoms with van der Waals surface area (Å²) in [6, 6.07) is 8.89. The Kier molecular flexibility index (Phi) is 4.20. The van der Waals surface area contributed by atoms with E-state index in [1.54, 1.807) is 24.3 Å². The van der Waals surface area contributed by atoms with Gasteiger partial charge in [0, 0.05) is 23.4 Å². The third kappa shape index (κ3) is 3.08. The number of aromatic nitrogens is 1. The molecule has 6 nitrogen and oxygen atoms in total. The fraction of sp³-hybridized carbons (Fsp3) is 0.278. The van der Waals surface area contributed by atoms with Crippen molar-refractivity contribution in [3.8, 4) is 0 Å². The zero-order valence-electron chi connectivity index (χ0n) is 13.5. The number of aromatic amines is 1. The summed E-state index contributed by atoms with van der Waals surface area (Å²) in [6.07, 6.45) is -0.544. The van der Waals surface area contributed by atoms with Crippen LogP contribution in [0.4, 0.5) is 0 Å². The number of aryl methyl sites for hydroxylation is 2. The summed E-state index contributed by atoms with van der Waals surface area (Å²) in [6.45, 7) is 3.78. The van der Waals surface area contributed by atoms with Gasteiger partial charge in [0.25, 0.3) is 5.56 Å². The number of pyridine rings is 1. The Labute approximate surface area is 138 Å². The minimum Gasteiger partial charge on any atom is -0.453 e. The molecular weight excluding hydrogens is 308 g/mol. The predicted octanol–water partition coefficient (Wildman–Crippen LogP) is 1.91. The Morgan fingerprint density at radius 3 is 2.75 bits per heavy atom. The van der Waals surface area contributed by atoms with E-state index >= 15 is 0 Å². The van der Waals surface area contributed by atoms with Crippen LogP contribution >= 0.6 is 0 Å². The largest absolute Gasteiger partial charge is 0.453 e. The number of nitrogens with one attached hydrogen (secondary N) is 2. The normalized spacial score (nSPS) is 15.8. The standard InChI is InChI=1S/C18H18N2O4/c1-10-7-11(2)20-17(22)14(10)9-19-16(21)8-15-12-5-3-4-6-13(12)18(23)24-15/h3-7,15H,8-9H2,1-2H3,(H,19,21)(H,20,22)/t15-/m1/s1. The monoisotopic (exact) mass is 326 g/mol. The van der Waals surface area contributed by atoms with Crippen LogP contribution in [-0.2, 0) is 16.1 Å². The first-order chi connectivity index (χ1) is 11.5. The van der Waals surface area contributed by atoms with Crippen LogP contribution in [-0.4, -0.2) is 16.9 Å². The lowest BCUT2D eigenvalue weighted by atomic mass is 10.0. The Morgan fingerprint density at radius 2 is 2.00 bits per heavy atom. The summed E-state index contributed by atoms with van der Waals surface area (Å²) < 4.78 is 5.25. The maximum atomic E-state index is 12.2. The van der Waals surface area contributed by atoms with Crippen LogP contribution < -0.4 is 10.9 Å². The summed E-state index contributed by atoms with van der Waals surface area (Å²) in [5, 5.41) is 2.72. The van der Waals surface area contributed by atoms with Crippen LogP contribution in [0.25, 0.3) is 0 Å². The lowest BCUT2D eigenvalue weighted by molar-refractivity contribution is -0.123. The molecule has 2 aromatic rings. The van der Waals surface area contributed by atoms with E-state index in [-0.39, 0.29) is 24.4 Å². The highest BCUT2D eigenvalue weighted by molar-refractivity contribution is 5.94. The third-order valence-electron chi connectivity index (χ3n) is 4.10. The van der Waals surface area contributed by atoms with E-state index < -0.39 is 12.1 Å². The molecule has 1 aliphatic rings. The SMILES string of the molecule is Cc1cc(C)c(CNC(=O)C[C@H]2OC(=O)c3ccccc32)c(=O)[nH]1. The quantitative estimate of drug-likeness (QED) is 0.840. The van der Waals surface area contributed by atoms with E-state index in [4.69, 9.17) is 4.74 Å². The van der Waals surface area contributed by atoms with E-state index in [0.717, 1.165) is 16.8 Å². The van der Waals surface area contributed by atoms with E-state index in [1.807, 2.05) is 19.9 Å². The highest BCUT2D eigenvalue weighted by Crippen LogP contribution is 2.32. The second-order valence-corrected chi connectivity index (χ2v) is 5.91. The number of carbonyl (C=O) groups excluding carboxylic acids is 2. The second-order valence-electron chi connectivity index (χ2n) is 5.91. The molecule has 1 aromatic heterocycles. The van der Waals surface area contributed by atoms with Gasteiger partial charge in [-0.1, -0.05) is 18.2 Å². The van der Waals surface area contributed by atoms with Crippen LogP contribution in [0.1, 0.15) is 45.3 Å². The number of ether oxygens (including phenoxy) is 1. The molecule has 3 rings (SSSR count). The van der Waals surface area contributed by atoms with E-state index in [2.05, 4.69) is 10.3 Å². The summed E-state index contributed by atoms with van der Waals surface area (Å²) in [5.74, 6) is -0.682. The van der Waals surface area contributed by atoms with Crippen molar-refractivity contribution in [2.75, 3.05) is 0 Å². The molecule has 0 fully saturated rings. The number of H-pyrrole nitrogens is 1. The van der Waals surface area contributed by atoms with E-state index in [9.17, 15) is 14.4 Å². The van der Waals surface area contributed by atoms with Gasteiger partial charge in [-0.25, -0.2) is 4.79 Å². The Hall–Kier alpha value is -2.89.